The minimum Gasteiger partial charge on any atom is -0.446 e. The second-order valence-electron chi connectivity index (χ2n) is 4.89. The lowest BCUT2D eigenvalue weighted by Crippen LogP contribution is -2.23. The summed E-state index contributed by atoms with van der Waals surface area (Å²) < 4.78 is 56.0. The van der Waals surface area contributed by atoms with Gasteiger partial charge in [0.05, 0.1) is 11.6 Å². The van der Waals surface area contributed by atoms with E-state index in [2.05, 4.69) is 10.3 Å². The molecule has 9 heteroatoms. The minimum atomic E-state index is -4.67. The summed E-state index contributed by atoms with van der Waals surface area (Å²) >= 11 is 0. The molecule has 0 saturated carbocycles. The van der Waals surface area contributed by atoms with Gasteiger partial charge in [0, 0.05) is 6.54 Å². The lowest BCUT2D eigenvalue weighted by atomic mass is 10.1. The van der Waals surface area contributed by atoms with Gasteiger partial charge in [0.2, 0.25) is 5.89 Å². The zero-order valence-corrected chi connectivity index (χ0v) is 11.9. The molecular formula is C14H13F4N3O2. The summed E-state index contributed by atoms with van der Waals surface area (Å²) in [6.07, 6.45) is -3.58. The molecule has 1 unspecified atom stereocenters. The van der Waals surface area contributed by atoms with E-state index in [9.17, 15) is 22.4 Å². The van der Waals surface area contributed by atoms with Crippen molar-refractivity contribution in [3.05, 3.63) is 53.0 Å². The minimum absolute atomic E-state index is 0.0263. The number of hydrogen-bond acceptors (Lipinski definition) is 4. The molecule has 0 aliphatic rings. The molecule has 1 atom stereocenters. The first-order valence-electron chi connectivity index (χ1n) is 6.52. The lowest BCUT2D eigenvalue weighted by Gasteiger charge is -2.10. The number of rotatable bonds is 4. The fourth-order valence-corrected chi connectivity index (χ4v) is 1.79. The van der Waals surface area contributed by atoms with Gasteiger partial charge in [-0.3, -0.25) is 4.79 Å². The SMILES string of the molecule is CC(N)c1nc(C(=O)NCc2cc(F)cc(C(F)(F)F)c2)co1. The number of oxazole rings is 1. The van der Waals surface area contributed by atoms with E-state index in [1.807, 2.05) is 0 Å². The standard InChI is InChI=1S/C14H13F4N3O2/c1-7(19)13-21-11(6-23-13)12(22)20-5-8-2-9(14(16,17)18)4-10(15)3-8/h2-4,6-7H,5,19H2,1H3,(H,20,22). The van der Waals surface area contributed by atoms with Gasteiger partial charge in [-0.25, -0.2) is 9.37 Å². The molecule has 0 bridgehead atoms. The zero-order chi connectivity index (χ0) is 17.2. The van der Waals surface area contributed by atoms with E-state index in [0.717, 1.165) is 18.4 Å². The molecule has 2 aromatic rings. The number of carbonyl (C=O) groups excluding carboxylic acids is 1. The number of halogens is 4. The normalized spacial score (nSPS) is 13.0. The van der Waals surface area contributed by atoms with Crippen LogP contribution in [0.15, 0.2) is 28.9 Å². The molecule has 23 heavy (non-hydrogen) atoms. The van der Waals surface area contributed by atoms with Gasteiger partial charge in [-0.1, -0.05) is 0 Å². The summed E-state index contributed by atoms with van der Waals surface area (Å²) in [5.41, 5.74) is 4.32. The predicted molar refractivity (Wildman–Crippen MR) is 71.7 cm³/mol. The molecule has 0 saturated heterocycles. The Hall–Kier alpha value is -2.42. The number of nitrogens with two attached hydrogens (primary N) is 1. The molecule has 0 fully saturated rings. The molecule has 124 valence electrons. The Morgan fingerprint density at radius 1 is 1.39 bits per heavy atom. The zero-order valence-electron chi connectivity index (χ0n) is 11.9. The molecule has 5 nitrogen and oxygen atoms in total. The van der Waals surface area contributed by atoms with Crippen LogP contribution >= 0.6 is 0 Å². The summed E-state index contributed by atoms with van der Waals surface area (Å²) in [4.78, 5) is 15.7. The maximum atomic E-state index is 13.2. The maximum Gasteiger partial charge on any atom is 0.416 e. The maximum absolute atomic E-state index is 13.2. The van der Waals surface area contributed by atoms with Crippen LogP contribution in [0.4, 0.5) is 17.6 Å². The van der Waals surface area contributed by atoms with Crippen LogP contribution in [0.3, 0.4) is 0 Å². The number of nitrogens with zero attached hydrogens (tertiary/aromatic N) is 1. The molecule has 1 amide bonds. The van der Waals surface area contributed by atoms with Crippen LogP contribution in [0.2, 0.25) is 0 Å². The van der Waals surface area contributed by atoms with Crippen molar-refractivity contribution in [3.8, 4) is 0 Å². The van der Waals surface area contributed by atoms with Gasteiger partial charge in [0.15, 0.2) is 5.69 Å². The Kier molecular flexibility index (Phi) is 4.69. The van der Waals surface area contributed by atoms with Gasteiger partial charge in [-0.05, 0) is 30.7 Å². The third-order valence-corrected chi connectivity index (χ3v) is 2.88. The fraction of sp³-hybridized carbons (Fsp3) is 0.286. The molecule has 1 aromatic heterocycles. The Morgan fingerprint density at radius 3 is 2.65 bits per heavy atom. The second-order valence-corrected chi connectivity index (χ2v) is 4.89. The van der Waals surface area contributed by atoms with E-state index in [1.165, 1.54) is 0 Å². The fourth-order valence-electron chi connectivity index (χ4n) is 1.79. The second kappa shape index (κ2) is 6.37. The van der Waals surface area contributed by atoms with Crippen LogP contribution in [0, 0.1) is 5.82 Å². The number of carbonyl (C=O) groups is 1. The molecule has 1 aromatic carbocycles. The summed E-state index contributed by atoms with van der Waals surface area (Å²) in [5, 5.41) is 2.34. The number of nitrogens with one attached hydrogen (secondary N) is 1. The monoisotopic (exact) mass is 331 g/mol. The Balaban J connectivity index is 2.08. The van der Waals surface area contributed by atoms with Crippen molar-refractivity contribution in [3.63, 3.8) is 0 Å². The third kappa shape index (κ3) is 4.28. The van der Waals surface area contributed by atoms with Crippen molar-refractivity contribution in [2.75, 3.05) is 0 Å². The van der Waals surface area contributed by atoms with Crippen LogP contribution in [0.1, 0.15) is 40.5 Å². The Labute approximate surface area is 128 Å². The first kappa shape index (κ1) is 16.9. The van der Waals surface area contributed by atoms with Crippen LogP contribution < -0.4 is 11.1 Å². The first-order valence-corrected chi connectivity index (χ1v) is 6.52. The van der Waals surface area contributed by atoms with Gasteiger partial charge in [0.1, 0.15) is 12.1 Å². The summed E-state index contributed by atoms with van der Waals surface area (Å²) in [6.45, 7) is 1.32. The van der Waals surface area contributed by atoms with Gasteiger partial charge >= 0.3 is 6.18 Å². The van der Waals surface area contributed by atoms with Crippen LogP contribution in [0.25, 0.3) is 0 Å². The number of amides is 1. The smallest absolute Gasteiger partial charge is 0.416 e. The van der Waals surface area contributed by atoms with Gasteiger partial charge in [-0.15, -0.1) is 0 Å². The van der Waals surface area contributed by atoms with E-state index in [4.69, 9.17) is 10.2 Å². The molecular weight excluding hydrogens is 318 g/mol. The Bertz CT molecular complexity index is 710. The summed E-state index contributed by atoms with van der Waals surface area (Å²) in [7, 11) is 0. The van der Waals surface area contributed by atoms with Crippen molar-refractivity contribution in [2.45, 2.75) is 25.7 Å². The van der Waals surface area contributed by atoms with E-state index in [0.29, 0.717) is 6.07 Å². The van der Waals surface area contributed by atoms with Crippen molar-refractivity contribution >= 4 is 5.91 Å². The van der Waals surface area contributed by atoms with Crippen LogP contribution in [0.5, 0.6) is 0 Å². The topological polar surface area (TPSA) is 81.1 Å². The third-order valence-electron chi connectivity index (χ3n) is 2.88. The van der Waals surface area contributed by atoms with Gasteiger partial charge in [-0.2, -0.15) is 13.2 Å². The Morgan fingerprint density at radius 2 is 2.09 bits per heavy atom. The average molecular weight is 331 g/mol. The molecule has 0 spiro atoms. The summed E-state index contributed by atoms with van der Waals surface area (Å²) in [5.74, 6) is -1.55. The molecule has 2 rings (SSSR count). The molecule has 0 aliphatic heterocycles. The predicted octanol–water partition coefficient (Wildman–Crippen LogP) is 2.78. The van der Waals surface area contributed by atoms with Crippen molar-refractivity contribution in [1.82, 2.24) is 10.3 Å². The number of aromatic nitrogens is 1. The highest BCUT2D eigenvalue weighted by Crippen LogP contribution is 2.30. The largest absolute Gasteiger partial charge is 0.446 e. The molecule has 0 radical (unpaired) electrons. The van der Waals surface area contributed by atoms with Gasteiger partial charge < -0.3 is 15.5 Å². The lowest BCUT2D eigenvalue weighted by molar-refractivity contribution is -0.137. The van der Waals surface area contributed by atoms with E-state index < -0.39 is 29.5 Å². The highest BCUT2D eigenvalue weighted by molar-refractivity contribution is 5.91. The van der Waals surface area contributed by atoms with Gasteiger partial charge in [0.25, 0.3) is 5.91 Å². The van der Waals surface area contributed by atoms with E-state index in [-0.39, 0.29) is 23.7 Å². The first-order chi connectivity index (χ1) is 10.7. The molecule has 1 heterocycles. The van der Waals surface area contributed by atoms with E-state index >= 15 is 0 Å². The van der Waals surface area contributed by atoms with E-state index in [1.54, 1.807) is 6.92 Å². The summed E-state index contributed by atoms with van der Waals surface area (Å²) in [6, 6.07) is 1.55. The average Bonchev–Trinajstić information content (AvgIpc) is 2.93. The molecule has 3 N–H and O–H groups in total. The number of hydrogen-bond donors (Lipinski definition) is 2. The van der Waals surface area contributed by atoms with Crippen molar-refractivity contribution in [1.29, 1.82) is 0 Å². The number of benzene rings is 1. The van der Waals surface area contributed by atoms with Crippen LogP contribution in [-0.4, -0.2) is 10.9 Å². The van der Waals surface area contributed by atoms with Crippen LogP contribution in [-0.2, 0) is 12.7 Å². The highest BCUT2D eigenvalue weighted by Gasteiger charge is 2.31. The number of alkyl halides is 3. The molecule has 0 aliphatic carbocycles. The quantitative estimate of drug-likeness (QED) is 0.844. The van der Waals surface area contributed by atoms with Crippen molar-refractivity contribution < 1.29 is 26.8 Å². The highest BCUT2D eigenvalue weighted by atomic mass is 19.4. The van der Waals surface area contributed by atoms with Crippen molar-refractivity contribution in [2.24, 2.45) is 5.73 Å².